The summed E-state index contributed by atoms with van der Waals surface area (Å²) in [5, 5.41) is 0. The van der Waals surface area contributed by atoms with Crippen LogP contribution in [0, 0.1) is 5.92 Å². The van der Waals surface area contributed by atoms with Gasteiger partial charge in [0.15, 0.2) is 0 Å². The maximum absolute atomic E-state index is 11.4. The van der Waals surface area contributed by atoms with Gasteiger partial charge in [0, 0.05) is 19.5 Å². The molecule has 1 amide bonds. The van der Waals surface area contributed by atoms with Gasteiger partial charge in [-0.2, -0.15) is 12.6 Å². The maximum atomic E-state index is 11.4. The molecule has 0 heterocycles. The van der Waals surface area contributed by atoms with Crippen molar-refractivity contribution in [2.45, 2.75) is 26.2 Å². The third-order valence-corrected chi connectivity index (χ3v) is 2.46. The number of thiol groups is 1. The van der Waals surface area contributed by atoms with Crippen LogP contribution in [0.1, 0.15) is 26.2 Å². The quantitative estimate of drug-likeness (QED) is 0.648. The second-order valence-electron chi connectivity index (χ2n) is 3.35. The average molecular weight is 187 g/mol. The molecule has 0 aromatic carbocycles. The third kappa shape index (κ3) is 3.05. The Morgan fingerprint density at radius 3 is 2.67 bits per heavy atom. The SMILES string of the molecule is CCN(CC1CC1)C(=O)CCS. The van der Waals surface area contributed by atoms with Gasteiger partial charge in [0.1, 0.15) is 0 Å². The molecule has 0 N–H and O–H groups in total. The molecule has 1 fully saturated rings. The van der Waals surface area contributed by atoms with Gasteiger partial charge in [-0.1, -0.05) is 0 Å². The summed E-state index contributed by atoms with van der Waals surface area (Å²) in [6.07, 6.45) is 3.21. The zero-order valence-corrected chi connectivity index (χ0v) is 8.52. The fourth-order valence-electron chi connectivity index (χ4n) is 1.27. The Bertz CT molecular complexity index is 157. The first-order valence-electron chi connectivity index (χ1n) is 4.66. The van der Waals surface area contributed by atoms with Crippen LogP contribution >= 0.6 is 12.6 Å². The summed E-state index contributed by atoms with van der Waals surface area (Å²) in [7, 11) is 0. The van der Waals surface area contributed by atoms with Crippen molar-refractivity contribution >= 4 is 18.5 Å². The monoisotopic (exact) mass is 187 g/mol. The Morgan fingerprint density at radius 2 is 2.25 bits per heavy atom. The molecule has 0 saturated heterocycles. The average Bonchev–Trinajstić information content (AvgIpc) is 2.84. The van der Waals surface area contributed by atoms with Gasteiger partial charge in [0.05, 0.1) is 0 Å². The van der Waals surface area contributed by atoms with E-state index >= 15 is 0 Å². The number of carbonyl (C=O) groups excluding carboxylic acids is 1. The number of nitrogens with zero attached hydrogens (tertiary/aromatic N) is 1. The molecule has 0 spiro atoms. The second-order valence-corrected chi connectivity index (χ2v) is 3.80. The van der Waals surface area contributed by atoms with Crippen LogP contribution in [-0.4, -0.2) is 29.6 Å². The summed E-state index contributed by atoms with van der Waals surface area (Å²) < 4.78 is 0. The molecular formula is C9H17NOS. The first-order chi connectivity index (χ1) is 5.77. The molecule has 1 rings (SSSR count). The van der Waals surface area contributed by atoms with E-state index in [-0.39, 0.29) is 5.91 Å². The molecule has 3 heteroatoms. The van der Waals surface area contributed by atoms with Crippen LogP contribution in [0.25, 0.3) is 0 Å². The van der Waals surface area contributed by atoms with Crippen LogP contribution in [0.5, 0.6) is 0 Å². The van der Waals surface area contributed by atoms with Crippen molar-refractivity contribution in [3.63, 3.8) is 0 Å². The Balaban J connectivity index is 2.26. The molecular weight excluding hydrogens is 170 g/mol. The summed E-state index contributed by atoms with van der Waals surface area (Å²) in [5.74, 6) is 1.73. The molecule has 70 valence electrons. The molecule has 12 heavy (non-hydrogen) atoms. The molecule has 1 aliphatic carbocycles. The zero-order valence-electron chi connectivity index (χ0n) is 7.62. The van der Waals surface area contributed by atoms with Crippen LogP contribution in [0.2, 0.25) is 0 Å². The number of rotatable bonds is 5. The van der Waals surface area contributed by atoms with Gasteiger partial charge < -0.3 is 4.90 Å². The maximum Gasteiger partial charge on any atom is 0.223 e. The van der Waals surface area contributed by atoms with E-state index < -0.39 is 0 Å². The predicted molar refractivity (Wildman–Crippen MR) is 53.4 cm³/mol. The highest BCUT2D eigenvalue weighted by atomic mass is 32.1. The predicted octanol–water partition coefficient (Wildman–Crippen LogP) is 1.56. The highest BCUT2D eigenvalue weighted by molar-refractivity contribution is 7.80. The van der Waals surface area contributed by atoms with E-state index in [0.29, 0.717) is 12.2 Å². The van der Waals surface area contributed by atoms with Gasteiger partial charge >= 0.3 is 0 Å². The highest BCUT2D eigenvalue weighted by Gasteiger charge is 2.25. The number of amides is 1. The Hall–Kier alpha value is -0.180. The largest absolute Gasteiger partial charge is 0.343 e. The summed E-state index contributed by atoms with van der Waals surface area (Å²) >= 11 is 4.05. The lowest BCUT2D eigenvalue weighted by molar-refractivity contribution is -0.130. The number of carbonyl (C=O) groups is 1. The number of hydrogen-bond donors (Lipinski definition) is 1. The first kappa shape index (κ1) is 9.90. The van der Waals surface area contributed by atoms with Crippen molar-refractivity contribution in [2.75, 3.05) is 18.8 Å². The molecule has 0 aliphatic heterocycles. The lowest BCUT2D eigenvalue weighted by Gasteiger charge is -2.20. The number of hydrogen-bond acceptors (Lipinski definition) is 2. The summed E-state index contributed by atoms with van der Waals surface area (Å²) in [5.41, 5.74) is 0. The molecule has 0 atom stereocenters. The van der Waals surface area contributed by atoms with Crippen molar-refractivity contribution in [1.29, 1.82) is 0 Å². The lowest BCUT2D eigenvalue weighted by Crippen LogP contribution is -2.32. The van der Waals surface area contributed by atoms with E-state index in [1.165, 1.54) is 12.8 Å². The lowest BCUT2D eigenvalue weighted by atomic mass is 10.3. The topological polar surface area (TPSA) is 20.3 Å². The van der Waals surface area contributed by atoms with Gasteiger partial charge in [-0.15, -0.1) is 0 Å². The summed E-state index contributed by atoms with van der Waals surface area (Å²) in [4.78, 5) is 13.4. The van der Waals surface area contributed by atoms with E-state index in [1.54, 1.807) is 0 Å². The van der Waals surface area contributed by atoms with Crippen LogP contribution in [0.4, 0.5) is 0 Å². The minimum Gasteiger partial charge on any atom is -0.343 e. The minimum absolute atomic E-state index is 0.263. The van der Waals surface area contributed by atoms with E-state index in [1.807, 2.05) is 11.8 Å². The van der Waals surface area contributed by atoms with Crippen LogP contribution in [0.3, 0.4) is 0 Å². The molecule has 0 aromatic heterocycles. The highest BCUT2D eigenvalue weighted by Crippen LogP contribution is 2.29. The third-order valence-electron chi connectivity index (χ3n) is 2.24. The standard InChI is InChI=1S/C9H17NOS/c1-2-10(7-8-3-4-8)9(11)5-6-12/h8,12H,2-7H2,1H3. The Labute approximate surface area is 79.7 Å². The van der Waals surface area contributed by atoms with Crippen molar-refractivity contribution in [1.82, 2.24) is 4.90 Å². The van der Waals surface area contributed by atoms with Gasteiger partial charge in [-0.25, -0.2) is 0 Å². The molecule has 1 saturated carbocycles. The molecule has 0 aromatic rings. The fourth-order valence-corrected chi connectivity index (χ4v) is 1.46. The smallest absolute Gasteiger partial charge is 0.223 e. The molecule has 0 radical (unpaired) electrons. The molecule has 2 nitrogen and oxygen atoms in total. The van der Waals surface area contributed by atoms with Gasteiger partial charge in [0.2, 0.25) is 5.91 Å². The van der Waals surface area contributed by atoms with E-state index in [2.05, 4.69) is 12.6 Å². The summed E-state index contributed by atoms with van der Waals surface area (Å²) in [6.45, 7) is 3.87. The van der Waals surface area contributed by atoms with Crippen molar-refractivity contribution < 1.29 is 4.79 Å². The van der Waals surface area contributed by atoms with Crippen molar-refractivity contribution in [2.24, 2.45) is 5.92 Å². The Kier molecular flexibility index (Phi) is 3.92. The Morgan fingerprint density at radius 1 is 1.58 bits per heavy atom. The van der Waals surface area contributed by atoms with Gasteiger partial charge in [0.25, 0.3) is 0 Å². The molecule has 1 aliphatic rings. The van der Waals surface area contributed by atoms with E-state index in [9.17, 15) is 4.79 Å². The van der Waals surface area contributed by atoms with E-state index in [4.69, 9.17) is 0 Å². The van der Waals surface area contributed by atoms with Crippen molar-refractivity contribution in [3.8, 4) is 0 Å². The van der Waals surface area contributed by atoms with Crippen LogP contribution in [-0.2, 0) is 4.79 Å². The fraction of sp³-hybridized carbons (Fsp3) is 0.889. The summed E-state index contributed by atoms with van der Waals surface area (Å²) in [6, 6.07) is 0. The molecule has 0 unspecified atom stereocenters. The molecule has 0 bridgehead atoms. The first-order valence-corrected chi connectivity index (χ1v) is 5.29. The van der Waals surface area contributed by atoms with Gasteiger partial charge in [-0.05, 0) is 31.4 Å². The van der Waals surface area contributed by atoms with Crippen LogP contribution in [0.15, 0.2) is 0 Å². The second kappa shape index (κ2) is 4.75. The van der Waals surface area contributed by atoms with Crippen molar-refractivity contribution in [3.05, 3.63) is 0 Å². The van der Waals surface area contributed by atoms with Crippen LogP contribution < -0.4 is 0 Å². The van der Waals surface area contributed by atoms with Gasteiger partial charge in [-0.3, -0.25) is 4.79 Å². The zero-order chi connectivity index (χ0) is 8.97. The normalized spacial score (nSPS) is 16.2. The van der Waals surface area contributed by atoms with E-state index in [0.717, 1.165) is 19.0 Å². The minimum atomic E-state index is 0.263.